The Labute approximate surface area is 180 Å². The molecule has 0 saturated heterocycles. The fraction of sp³-hybridized carbons (Fsp3) is 0.0909. The number of nitrogens with one attached hydrogen (secondary N) is 1. The van der Waals surface area contributed by atoms with Crippen LogP contribution in [0.4, 0.5) is 5.69 Å². The number of rotatable bonds is 5. The summed E-state index contributed by atoms with van der Waals surface area (Å²) in [5, 5.41) is 14.3. The minimum Gasteiger partial charge on any atom is -0.492 e. The van der Waals surface area contributed by atoms with E-state index >= 15 is 0 Å². The van der Waals surface area contributed by atoms with Gasteiger partial charge in [0.05, 0.1) is 15.6 Å². The van der Waals surface area contributed by atoms with Gasteiger partial charge in [-0.15, -0.1) is 0 Å². The Balaban J connectivity index is 1.91. The molecule has 0 aliphatic carbocycles. The van der Waals surface area contributed by atoms with Crippen LogP contribution in [-0.2, 0) is 4.79 Å². The molecule has 28 heavy (non-hydrogen) atoms. The van der Waals surface area contributed by atoms with Crippen LogP contribution < -0.4 is 10.1 Å². The fourth-order valence-corrected chi connectivity index (χ4v) is 4.24. The van der Waals surface area contributed by atoms with Gasteiger partial charge in [0, 0.05) is 11.1 Å². The lowest BCUT2D eigenvalue weighted by atomic mass is 10.1. The van der Waals surface area contributed by atoms with Gasteiger partial charge in [0.1, 0.15) is 17.4 Å². The number of carbonyl (C=O) groups is 1. The van der Waals surface area contributed by atoms with Crippen LogP contribution in [0.1, 0.15) is 12.5 Å². The second-order valence-corrected chi connectivity index (χ2v) is 7.61. The van der Waals surface area contributed by atoms with Crippen LogP contribution in [0.2, 0.25) is 0 Å². The topological polar surface area (TPSA) is 62.1 Å². The molecule has 4 nitrogen and oxygen atoms in total. The van der Waals surface area contributed by atoms with Crippen LogP contribution in [0.5, 0.6) is 5.75 Å². The Morgan fingerprint density at radius 2 is 1.82 bits per heavy atom. The minimum absolute atomic E-state index is 0.0101. The Bertz CT molecular complexity index is 1090. The van der Waals surface area contributed by atoms with E-state index in [0.29, 0.717) is 23.6 Å². The smallest absolute Gasteiger partial charge is 0.266 e. The molecule has 0 radical (unpaired) electrons. The lowest BCUT2D eigenvalue weighted by Gasteiger charge is -2.10. The van der Waals surface area contributed by atoms with Crippen LogP contribution in [0.25, 0.3) is 16.8 Å². The average Bonchev–Trinajstić information content (AvgIpc) is 2.69. The van der Waals surface area contributed by atoms with Crippen molar-refractivity contribution in [1.29, 1.82) is 5.26 Å². The number of ether oxygens (including phenoxy) is 1. The molecule has 0 saturated carbocycles. The third-order valence-corrected chi connectivity index (χ3v) is 5.20. The molecule has 0 aliphatic rings. The summed E-state index contributed by atoms with van der Waals surface area (Å²) < 4.78 is 7.04. The SMILES string of the molecule is CCOc1c(Br)cc(/C=C(\C#N)C(=O)Nc2cccc3ccccc23)cc1Br. The highest BCUT2D eigenvalue weighted by Crippen LogP contribution is 2.35. The summed E-state index contributed by atoms with van der Waals surface area (Å²) in [6.45, 7) is 2.43. The van der Waals surface area contributed by atoms with E-state index in [1.165, 1.54) is 0 Å². The van der Waals surface area contributed by atoms with Gasteiger partial charge in [-0.05, 0) is 74.0 Å². The molecule has 6 heteroatoms. The Hall–Kier alpha value is -2.62. The van der Waals surface area contributed by atoms with E-state index in [1.54, 1.807) is 18.2 Å². The molecule has 140 valence electrons. The highest BCUT2D eigenvalue weighted by Gasteiger charge is 2.13. The van der Waals surface area contributed by atoms with Crippen molar-refractivity contribution in [3.8, 4) is 11.8 Å². The number of hydrogen-bond acceptors (Lipinski definition) is 3. The second-order valence-electron chi connectivity index (χ2n) is 5.90. The van der Waals surface area contributed by atoms with Gasteiger partial charge in [-0.1, -0.05) is 36.4 Å². The summed E-state index contributed by atoms with van der Waals surface area (Å²) in [5.41, 5.74) is 1.38. The largest absolute Gasteiger partial charge is 0.492 e. The number of amides is 1. The quantitative estimate of drug-likeness (QED) is 0.330. The molecular formula is C22H16Br2N2O2. The Morgan fingerprint density at radius 3 is 2.50 bits per heavy atom. The zero-order valence-electron chi connectivity index (χ0n) is 15.0. The van der Waals surface area contributed by atoms with E-state index < -0.39 is 5.91 Å². The lowest BCUT2D eigenvalue weighted by molar-refractivity contribution is -0.112. The summed E-state index contributed by atoms with van der Waals surface area (Å²) in [7, 11) is 0. The predicted molar refractivity (Wildman–Crippen MR) is 119 cm³/mol. The van der Waals surface area contributed by atoms with Gasteiger partial charge < -0.3 is 10.1 Å². The van der Waals surface area contributed by atoms with Crippen molar-refractivity contribution in [1.82, 2.24) is 0 Å². The number of nitrogens with zero attached hydrogens (tertiary/aromatic N) is 1. The summed E-state index contributed by atoms with van der Waals surface area (Å²) >= 11 is 6.92. The van der Waals surface area contributed by atoms with Crippen molar-refractivity contribution in [2.75, 3.05) is 11.9 Å². The van der Waals surface area contributed by atoms with Crippen molar-refractivity contribution in [2.24, 2.45) is 0 Å². The molecular weight excluding hydrogens is 484 g/mol. The van der Waals surface area contributed by atoms with Gasteiger partial charge in [-0.2, -0.15) is 5.26 Å². The van der Waals surface area contributed by atoms with Crippen molar-refractivity contribution >= 4 is 60.3 Å². The molecule has 1 amide bonds. The number of nitriles is 1. The molecule has 0 aliphatic heterocycles. The van der Waals surface area contributed by atoms with Crippen molar-refractivity contribution in [3.63, 3.8) is 0 Å². The van der Waals surface area contributed by atoms with E-state index in [1.807, 2.05) is 55.5 Å². The maximum absolute atomic E-state index is 12.7. The number of hydrogen-bond donors (Lipinski definition) is 1. The molecule has 0 bridgehead atoms. The maximum atomic E-state index is 12.7. The van der Waals surface area contributed by atoms with Crippen molar-refractivity contribution in [3.05, 3.63) is 74.7 Å². The Kier molecular flexibility index (Phi) is 6.50. The van der Waals surface area contributed by atoms with E-state index in [0.717, 1.165) is 19.7 Å². The highest BCUT2D eigenvalue weighted by atomic mass is 79.9. The third kappa shape index (κ3) is 4.44. The third-order valence-electron chi connectivity index (χ3n) is 4.02. The van der Waals surface area contributed by atoms with E-state index in [9.17, 15) is 10.1 Å². The first-order valence-electron chi connectivity index (χ1n) is 8.56. The molecule has 3 rings (SSSR count). The van der Waals surface area contributed by atoms with Crippen LogP contribution >= 0.6 is 31.9 Å². The average molecular weight is 500 g/mol. The van der Waals surface area contributed by atoms with Crippen molar-refractivity contribution in [2.45, 2.75) is 6.92 Å². The standard InChI is InChI=1S/C22H16Br2N2O2/c1-2-28-21-18(23)11-14(12-19(21)24)10-16(13-25)22(27)26-20-9-5-7-15-6-3-4-8-17(15)20/h3-12H,2H2,1H3,(H,26,27)/b16-10+. The molecule has 0 heterocycles. The fourth-order valence-electron chi connectivity index (χ4n) is 2.78. The number of carbonyl (C=O) groups excluding carboxylic acids is 1. The zero-order valence-corrected chi connectivity index (χ0v) is 18.2. The van der Waals surface area contributed by atoms with Crippen LogP contribution in [-0.4, -0.2) is 12.5 Å². The molecule has 0 unspecified atom stereocenters. The summed E-state index contributed by atoms with van der Waals surface area (Å²) in [6.07, 6.45) is 1.55. The Morgan fingerprint density at radius 1 is 1.14 bits per heavy atom. The molecule has 3 aromatic rings. The summed E-state index contributed by atoms with van der Waals surface area (Å²) in [4.78, 5) is 12.7. The monoisotopic (exact) mass is 498 g/mol. The van der Waals surface area contributed by atoms with Gasteiger partial charge in [0.2, 0.25) is 0 Å². The summed E-state index contributed by atoms with van der Waals surface area (Å²) in [6, 6.07) is 19.0. The van der Waals surface area contributed by atoms with E-state index in [4.69, 9.17) is 4.74 Å². The molecule has 3 aromatic carbocycles. The van der Waals surface area contributed by atoms with Gasteiger partial charge in [-0.3, -0.25) is 4.79 Å². The highest BCUT2D eigenvalue weighted by molar-refractivity contribution is 9.11. The maximum Gasteiger partial charge on any atom is 0.266 e. The molecule has 0 fully saturated rings. The lowest BCUT2D eigenvalue weighted by Crippen LogP contribution is -2.13. The molecule has 0 aromatic heterocycles. The predicted octanol–water partition coefficient (Wildman–Crippen LogP) is 6.31. The zero-order chi connectivity index (χ0) is 20.1. The van der Waals surface area contributed by atoms with Crippen LogP contribution in [0, 0.1) is 11.3 Å². The normalized spacial score (nSPS) is 11.1. The first-order valence-corrected chi connectivity index (χ1v) is 10.1. The number of benzene rings is 3. The van der Waals surface area contributed by atoms with Gasteiger partial charge in [0.15, 0.2) is 0 Å². The molecule has 0 spiro atoms. The first-order chi connectivity index (χ1) is 13.5. The van der Waals surface area contributed by atoms with Crippen LogP contribution in [0.15, 0.2) is 69.1 Å². The number of anilines is 1. The van der Waals surface area contributed by atoms with E-state index in [-0.39, 0.29) is 5.57 Å². The molecule has 0 atom stereocenters. The first kappa shape index (κ1) is 20.1. The summed E-state index contributed by atoms with van der Waals surface area (Å²) in [5.74, 6) is 0.221. The molecule has 1 N–H and O–H groups in total. The van der Waals surface area contributed by atoms with Crippen LogP contribution in [0.3, 0.4) is 0 Å². The second kappa shape index (κ2) is 9.05. The van der Waals surface area contributed by atoms with E-state index in [2.05, 4.69) is 37.2 Å². The van der Waals surface area contributed by atoms with Gasteiger partial charge in [-0.25, -0.2) is 0 Å². The van der Waals surface area contributed by atoms with Crippen molar-refractivity contribution < 1.29 is 9.53 Å². The number of fused-ring (bicyclic) bond motifs is 1. The number of halogens is 2. The van der Waals surface area contributed by atoms with Gasteiger partial charge >= 0.3 is 0 Å². The minimum atomic E-state index is -0.458. The van der Waals surface area contributed by atoms with Gasteiger partial charge in [0.25, 0.3) is 5.91 Å².